The van der Waals surface area contributed by atoms with E-state index in [1.54, 1.807) is 0 Å². The Kier molecular flexibility index (Phi) is 9.45. The van der Waals surface area contributed by atoms with Gasteiger partial charge in [-0.05, 0) is 53.5 Å². The van der Waals surface area contributed by atoms with Crippen LogP contribution >= 0.6 is 0 Å². The molecule has 1 heterocycles. The number of guanidine groups is 1. The van der Waals surface area contributed by atoms with Crippen molar-refractivity contribution < 1.29 is 0 Å². The van der Waals surface area contributed by atoms with Gasteiger partial charge in [0.2, 0.25) is 0 Å². The Morgan fingerprint density at radius 2 is 1.96 bits per heavy atom. The molecule has 0 aromatic carbocycles. The quantitative estimate of drug-likeness (QED) is 0.391. The van der Waals surface area contributed by atoms with Crippen molar-refractivity contribution in [3.8, 4) is 0 Å². The molecule has 2 N–H and O–H groups in total. The summed E-state index contributed by atoms with van der Waals surface area (Å²) in [6, 6.07) is 1.16. The van der Waals surface area contributed by atoms with E-state index in [2.05, 4.69) is 73.4 Å². The van der Waals surface area contributed by atoms with Crippen LogP contribution < -0.4 is 10.6 Å². The van der Waals surface area contributed by atoms with E-state index in [1.165, 1.54) is 5.56 Å². The molecule has 24 heavy (non-hydrogen) atoms. The summed E-state index contributed by atoms with van der Waals surface area (Å²) in [6.45, 7) is 17.6. The number of aromatic nitrogens is 2. The average molecular weight is 337 g/mol. The summed E-state index contributed by atoms with van der Waals surface area (Å²) < 4.78 is 1.95. The first-order valence-electron chi connectivity index (χ1n) is 9.21. The van der Waals surface area contributed by atoms with Crippen molar-refractivity contribution in [2.24, 2.45) is 4.99 Å². The molecule has 6 nitrogen and oxygen atoms in total. The van der Waals surface area contributed by atoms with E-state index in [4.69, 9.17) is 0 Å². The third-order valence-corrected chi connectivity index (χ3v) is 3.91. The van der Waals surface area contributed by atoms with Crippen LogP contribution in [-0.2, 0) is 6.54 Å². The predicted octanol–water partition coefficient (Wildman–Crippen LogP) is 2.26. The zero-order valence-corrected chi connectivity index (χ0v) is 16.3. The predicted molar refractivity (Wildman–Crippen MR) is 103 cm³/mol. The highest BCUT2D eigenvalue weighted by Gasteiger charge is 2.12. The molecule has 0 aliphatic rings. The Balaban J connectivity index is 2.36. The highest BCUT2D eigenvalue weighted by molar-refractivity contribution is 5.79. The Labute approximate surface area is 147 Å². The number of nitrogens with one attached hydrogen (secondary N) is 2. The van der Waals surface area contributed by atoms with Crippen LogP contribution in [0.2, 0.25) is 0 Å². The van der Waals surface area contributed by atoms with Crippen molar-refractivity contribution in [2.45, 2.75) is 66.6 Å². The third kappa shape index (κ3) is 7.81. The van der Waals surface area contributed by atoms with Gasteiger partial charge in [-0.1, -0.05) is 0 Å². The Bertz CT molecular complexity index is 470. The van der Waals surface area contributed by atoms with Gasteiger partial charge in [-0.2, -0.15) is 5.10 Å². The lowest BCUT2D eigenvalue weighted by Crippen LogP contribution is -2.39. The van der Waals surface area contributed by atoms with Crippen molar-refractivity contribution in [2.75, 3.05) is 26.2 Å². The van der Waals surface area contributed by atoms with E-state index in [0.29, 0.717) is 12.1 Å². The molecule has 0 amide bonds. The maximum atomic E-state index is 4.68. The van der Waals surface area contributed by atoms with Gasteiger partial charge in [0, 0.05) is 44.5 Å². The first kappa shape index (κ1) is 20.5. The van der Waals surface area contributed by atoms with Crippen molar-refractivity contribution in [1.29, 1.82) is 0 Å². The lowest BCUT2D eigenvalue weighted by molar-refractivity contribution is 0.174. The summed E-state index contributed by atoms with van der Waals surface area (Å²) in [4.78, 5) is 7.19. The molecule has 1 aromatic rings. The zero-order valence-electron chi connectivity index (χ0n) is 16.3. The molecule has 0 unspecified atom stereocenters. The van der Waals surface area contributed by atoms with Crippen molar-refractivity contribution in [1.82, 2.24) is 25.3 Å². The molecule has 0 bridgehead atoms. The average Bonchev–Trinajstić information content (AvgIpc) is 2.91. The number of hydrogen-bond donors (Lipinski definition) is 2. The summed E-state index contributed by atoms with van der Waals surface area (Å²) in [5.74, 6) is 0.891. The van der Waals surface area contributed by atoms with Gasteiger partial charge in [0.25, 0.3) is 0 Å². The third-order valence-electron chi connectivity index (χ3n) is 3.91. The van der Waals surface area contributed by atoms with E-state index >= 15 is 0 Å². The van der Waals surface area contributed by atoms with E-state index in [1.807, 2.05) is 10.9 Å². The van der Waals surface area contributed by atoms with E-state index < -0.39 is 0 Å². The summed E-state index contributed by atoms with van der Waals surface area (Å²) in [6.07, 6.45) is 5.01. The molecule has 0 radical (unpaired) electrons. The summed E-state index contributed by atoms with van der Waals surface area (Å²) in [5, 5.41) is 11.0. The van der Waals surface area contributed by atoms with E-state index in [9.17, 15) is 0 Å². The van der Waals surface area contributed by atoms with Crippen LogP contribution in [0.5, 0.6) is 0 Å². The Morgan fingerprint density at radius 1 is 1.25 bits per heavy atom. The Morgan fingerprint density at radius 3 is 2.50 bits per heavy atom. The monoisotopic (exact) mass is 336 g/mol. The standard InChI is InChI=1S/C18H36N6/c1-7-19-18(21-10-12-23-14-17(6)13-22-23)20-9-8-11-24(15(2)3)16(4)5/h13-16H,7-12H2,1-6H3,(H2,19,20,21). The fourth-order valence-electron chi connectivity index (χ4n) is 2.78. The molecular formula is C18H36N6. The van der Waals surface area contributed by atoms with Gasteiger partial charge in [-0.15, -0.1) is 0 Å². The van der Waals surface area contributed by atoms with Crippen molar-refractivity contribution >= 4 is 5.96 Å². The number of nitrogens with zero attached hydrogens (tertiary/aromatic N) is 4. The van der Waals surface area contributed by atoms with Crippen molar-refractivity contribution in [3.63, 3.8) is 0 Å². The minimum absolute atomic E-state index is 0.581. The number of rotatable bonds is 10. The van der Waals surface area contributed by atoms with Crippen LogP contribution in [0.3, 0.4) is 0 Å². The molecule has 0 saturated heterocycles. The molecule has 6 heteroatoms. The van der Waals surface area contributed by atoms with Crippen LogP contribution in [0, 0.1) is 6.92 Å². The normalized spacial score (nSPS) is 12.5. The van der Waals surface area contributed by atoms with Gasteiger partial charge in [-0.3, -0.25) is 14.6 Å². The lowest BCUT2D eigenvalue weighted by atomic mass is 10.2. The molecule has 0 fully saturated rings. The molecular weight excluding hydrogens is 300 g/mol. The molecule has 0 saturated carbocycles. The van der Waals surface area contributed by atoms with Crippen molar-refractivity contribution in [3.05, 3.63) is 18.0 Å². The summed E-state index contributed by atoms with van der Waals surface area (Å²) in [7, 11) is 0. The number of aryl methyl sites for hydroxylation is 1. The first-order chi connectivity index (χ1) is 11.4. The van der Waals surface area contributed by atoms with E-state index in [0.717, 1.165) is 45.1 Å². The summed E-state index contributed by atoms with van der Waals surface area (Å²) >= 11 is 0. The highest BCUT2D eigenvalue weighted by Crippen LogP contribution is 2.05. The van der Waals surface area contributed by atoms with Crippen LogP contribution in [0.1, 0.15) is 46.6 Å². The molecule has 0 aliphatic carbocycles. The van der Waals surface area contributed by atoms with Gasteiger partial charge in [0.05, 0.1) is 12.7 Å². The Hall–Kier alpha value is -1.56. The lowest BCUT2D eigenvalue weighted by Gasteiger charge is -2.30. The van der Waals surface area contributed by atoms with Gasteiger partial charge in [0.1, 0.15) is 0 Å². The first-order valence-corrected chi connectivity index (χ1v) is 9.21. The van der Waals surface area contributed by atoms with Crippen LogP contribution in [-0.4, -0.2) is 58.9 Å². The van der Waals surface area contributed by atoms with Crippen LogP contribution in [0.25, 0.3) is 0 Å². The second kappa shape index (κ2) is 11.1. The molecule has 0 aliphatic heterocycles. The van der Waals surface area contributed by atoms with Gasteiger partial charge in [-0.25, -0.2) is 0 Å². The van der Waals surface area contributed by atoms with Gasteiger partial charge in [0.15, 0.2) is 5.96 Å². The molecule has 0 spiro atoms. The molecule has 0 atom stereocenters. The minimum Gasteiger partial charge on any atom is -0.357 e. The second-order valence-corrected chi connectivity index (χ2v) is 6.75. The smallest absolute Gasteiger partial charge is 0.191 e. The fraction of sp³-hybridized carbons (Fsp3) is 0.778. The van der Waals surface area contributed by atoms with Gasteiger partial charge < -0.3 is 10.6 Å². The molecule has 1 aromatic heterocycles. The number of aliphatic imine (C=N–C) groups is 1. The van der Waals surface area contributed by atoms with Crippen LogP contribution in [0.15, 0.2) is 17.4 Å². The largest absolute Gasteiger partial charge is 0.357 e. The maximum Gasteiger partial charge on any atom is 0.191 e. The molecule has 138 valence electrons. The summed E-state index contributed by atoms with van der Waals surface area (Å²) in [5.41, 5.74) is 1.19. The fourth-order valence-corrected chi connectivity index (χ4v) is 2.78. The maximum absolute atomic E-state index is 4.68. The number of hydrogen-bond acceptors (Lipinski definition) is 3. The zero-order chi connectivity index (χ0) is 17.9. The SMILES string of the molecule is CCNC(=NCCCN(C(C)C)C(C)C)NCCn1cc(C)cn1. The van der Waals surface area contributed by atoms with E-state index in [-0.39, 0.29) is 0 Å². The van der Waals surface area contributed by atoms with Gasteiger partial charge >= 0.3 is 0 Å². The topological polar surface area (TPSA) is 57.5 Å². The van der Waals surface area contributed by atoms with Crippen LogP contribution in [0.4, 0.5) is 0 Å². The molecule has 1 rings (SSSR count). The highest BCUT2D eigenvalue weighted by atomic mass is 15.3. The second-order valence-electron chi connectivity index (χ2n) is 6.75. The minimum atomic E-state index is 0.581.